The number of carbonyl (C=O) groups is 1. The molecule has 2 rings (SSSR count). The third-order valence-electron chi connectivity index (χ3n) is 2.30. The molecule has 0 saturated heterocycles. The summed E-state index contributed by atoms with van der Waals surface area (Å²) in [5.74, 6) is -1.21. The number of rotatable bonds is 5. The minimum atomic E-state index is -3.73. The number of hydrogen-bond acceptors (Lipinski definition) is 5. The summed E-state index contributed by atoms with van der Waals surface area (Å²) in [5, 5.41) is 9.57. The lowest BCUT2D eigenvalue weighted by Crippen LogP contribution is -2.22. The summed E-state index contributed by atoms with van der Waals surface area (Å²) >= 11 is 1.39. The van der Waals surface area contributed by atoms with Gasteiger partial charge in [0.15, 0.2) is 0 Å². The molecule has 7 nitrogen and oxygen atoms in total. The van der Waals surface area contributed by atoms with E-state index < -0.39 is 16.0 Å². The Hall–Kier alpha value is -1.71. The smallest absolute Gasteiger partial charge is 0.352 e. The molecule has 9 heteroatoms. The van der Waals surface area contributed by atoms with Crippen LogP contribution in [0.15, 0.2) is 23.4 Å². The molecule has 102 valence electrons. The predicted octanol–water partition coefficient (Wildman–Crippen LogP) is 0.956. The van der Waals surface area contributed by atoms with Crippen molar-refractivity contribution in [2.45, 2.75) is 18.4 Å². The fraction of sp³-hybridized carbons (Fsp3) is 0.200. The van der Waals surface area contributed by atoms with E-state index >= 15 is 0 Å². The van der Waals surface area contributed by atoms with Crippen molar-refractivity contribution in [2.24, 2.45) is 0 Å². The topological polar surface area (TPSA) is 112 Å². The maximum Gasteiger partial charge on any atom is 0.352 e. The van der Waals surface area contributed by atoms with Crippen molar-refractivity contribution >= 4 is 27.3 Å². The molecular weight excluding hydrogens is 290 g/mol. The van der Waals surface area contributed by atoms with Gasteiger partial charge >= 0.3 is 5.97 Å². The normalized spacial score (nSPS) is 11.6. The van der Waals surface area contributed by atoms with Crippen LogP contribution < -0.4 is 4.72 Å². The molecule has 0 amide bonds. The fourth-order valence-electron chi connectivity index (χ4n) is 1.39. The molecule has 0 radical (unpaired) electrons. The Labute approximate surface area is 113 Å². The van der Waals surface area contributed by atoms with Gasteiger partial charge in [0.25, 0.3) is 0 Å². The van der Waals surface area contributed by atoms with Gasteiger partial charge in [-0.2, -0.15) is 0 Å². The number of carboxylic acid groups (broad SMARTS) is 1. The zero-order chi connectivity index (χ0) is 14.0. The average molecular weight is 301 g/mol. The van der Waals surface area contributed by atoms with E-state index in [0.717, 1.165) is 22.1 Å². The van der Waals surface area contributed by atoms with Crippen molar-refractivity contribution < 1.29 is 18.3 Å². The van der Waals surface area contributed by atoms with Gasteiger partial charge in [0.1, 0.15) is 10.6 Å². The quantitative estimate of drug-likeness (QED) is 0.761. The van der Waals surface area contributed by atoms with E-state index in [1.807, 2.05) is 6.92 Å². The van der Waals surface area contributed by atoms with Gasteiger partial charge in [-0.1, -0.05) is 0 Å². The molecule has 2 aromatic rings. The number of hydrogen-bond donors (Lipinski definition) is 3. The molecule has 19 heavy (non-hydrogen) atoms. The number of aromatic carboxylic acids is 1. The number of sulfonamides is 1. The number of carboxylic acids is 1. The van der Waals surface area contributed by atoms with Crippen LogP contribution in [-0.2, 0) is 16.6 Å². The van der Waals surface area contributed by atoms with Gasteiger partial charge in [-0.25, -0.2) is 22.9 Å². The Kier molecular flexibility index (Phi) is 3.69. The fourth-order valence-corrected chi connectivity index (χ4v) is 3.21. The number of nitrogens with zero attached hydrogens (tertiary/aromatic N) is 1. The van der Waals surface area contributed by atoms with Crippen LogP contribution in [-0.4, -0.2) is 29.5 Å². The van der Waals surface area contributed by atoms with E-state index in [1.54, 1.807) is 6.20 Å². The second kappa shape index (κ2) is 5.11. The molecule has 0 aliphatic rings. The summed E-state index contributed by atoms with van der Waals surface area (Å²) in [6.45, 7) is 1.95. The molecule has 0 saturated carbocycles. The zero-order valence-electron chi connectivity index (χ0n) is 9.87. The Morgan fingerprint density at radius 3 is 2.84 bits per heavy atom. The van der Waals surface area contributed by atoms with Crippen molar-refractivity contribution in [1.29, 1.82) is 0 Å². The van der Waals surface area contributed by atoms with Crippen molar-refractivity contribution in [3.8, 4) is 0 Å². The number of aromatic amines is 1. The van der Waals surface area contributed by atoms with Gasteiger partial charge in [0, 0.05) is 23.8 Å². The third-order valence-corrected chi connectivity index (χ3v) is 4.60. The first-order valence-corrected chi connectivity index (χ1v) is 7.51. The number of aromatic nitrogens is 2. The molecule has 0 atom stereocenters. The summed E-state index contributed by atoms with van der Waals surface area (Å²) < 4.78 is 26.2. The minimum Gasteiger partial charge on any atom is -0.477 e. The number of H-pyrrole nitrogens is 1. The molecule has 2 heterocycles. The van der Waals surface area contributed by atoms with E-state index in [0.29, 0.717) is 0 Å². The Morgan fingerprint density at radius 2 is 2.32 bits per heavy atom. The van der Waals surface area contributed by atoms with E-state index in [4.69, 9.17) is 5.11 Å². The SMILES string of the molecule is Cc1ncc(CNS(=O)(=O)c2c[nH]c(C(=O)O)c2)s1. The summed E-state index contributed by atoms with van der Waals surface area (Å²) in [4.78, 5) is 17.8. The van der Waals surface area contributed by atoms with Gasteiger partial charge < -0.3 is 10.1 Å². The summed E-state index contributed by atoms with van der Waals surface area (Å²) in [7, 11) is -3.73. The average Bonchev–Trinajstić information content (AvgIpc) is 2.95. The highest BCUT2D eigenvalue weighted by Gasteiger charge is 2.18. The van der Waals surface area contributed by atoms with Crippen molar-refractivity contribution in [3.05, 3.63) is 34.0 Å². The number of aryl methyl sites for hydroxylation is 1. The lowest BCUT2D eigenvalue weighted by Gasteiger charge is -2.02. The van der Waals surface area contributed by atoms with E-state index in [-0.39, 0.29) is 17.1 Å². The molecule has 0 aliphatic heterocycles. The second-order valence-corrected chi connectivity index (χ2v) is 6.81. The summed E-state index contributed by atoms with van der Waals surface area (Å²) in [6.07, 6.45) is 2.74. The number of thiazole rings is 1. The first-order chi connectivity index (χ1) is 8.88. The van der Waals surface area contributed by atoms with Crippen LogP contribution in [0.3, 0.4) is 0 Å². The molecule has 0 aromatic carbocycles. The number of nitrogens with one attached hydrogen (secondary N) is 2. The molecule has 0 fully saturated rings. The van der Waals surface area contributed by atoms with Crippen LogP contribution in [0.2, 0.25) is 0 Å². The van der Waals surface area contributed by atoms with E-state index in [9.17, 15) is 13.2 Å². The highest BCUT2D eigenvalue weighted by molar-refractivity contribution is 7.89. The summed E-state index contributed by atoms with van der Waals surface area (Å²) in [6, 6.07) is 1.07. The van der Waals surface area contributed by atoms with Gasteiger partial charge in [0.05, 0.1) is 5.01 Å². The van der Waals surface area contributed by atoms with Crippen molar-refractivity contribution in [2.75, 3.05) is 0 Å². The Morgan fingerprint density at radius 1 is 1.58 bits per heavy atom. The molecule has 0 bridgehead atoms. The van der Waals surface area contributed by atoms with Crippen LogP contribution in [0.4, 0.5) is 0 Å². The highest BCUT2D eigenvalue weighted by Crippen LogP contribution is 2.14. The molecule has 0 unspecified atom stereocenters. The first-order valence-electron chi connectivity index (χ1n) is 5.21. The monoisotopic (exact) mass is 301 g/mol. The Balaban J connectivity index is 2.11. The third kappa shape index (κ3) is 3.19. The van der Waals surface area contributed by atoms with Crippen LogP contribution >= 0.6 is 11.3 Å². The predicted molar refractivity (Wildman–Crippen MR) is 68.6 cm³/mol. The molecule has 0 spiro atoms. The highest BCUT2D eigenvalue weighted by atomic mass is 32.2. The zero-order valence-corrected chi connectivity index (χ0v) is 11.5. The van der Waals surface area contributed by atoms with Crippen LogP contribution in [0.5, 0.6) is 0 Å². The van der Waals surface area contributed by atoms with Crippen LogP contribution in [0, 0.1) is 6.92 Å². The maximum atomic E-state index is 11.9. The lowest BCUT2D eigenvalue weighted by atomic mass is 10.4. The van der Waals surface area contributed by atoms with Crippen LogP contribution in [0.25, 0.3) is 0 Å². The van der Waals surface area contributed by atoms with Gasteiger partial charge in [0.2, 0.25) is 10.0 Å². The molecule has 2 aromatic heterocycles. The van der Waals surface area contributed by atoms with Crippen molar-refractivity contribution in [3.63, 3.8) is 0 Å². The molecule has 3 N–H and O–H groups in total. The standard InChI is InChI=1S/C10H11N3O4S2/c1-6-11-3-7(18-6)4-13-19(16,17)8-2-9(10(14)15)12-5-8/h2-3,5,12-13H,4H2,1H3,(H,14,15). The summed E-state index contributed by atoms with van der Waals surface area (Å²) in [5.41, 5.74) is -0.172. The van der Waals surface area contributed by atoms with E-state index in [2.05, 4.69) is 14.7 Å². The first kappa shape index (κ1) is 13.7. The van der Waals surface area contributed by atoms with Gasteiger partial charge in [-0.05, 0) is 13.0 Å². The minimum absolute atomic E-state index is 0.105. The van der Waals surface area contributed by atoms with E-state index in [1.165, 1.54) is 11.3 Å². The maximum absolute atomic E-state index is 11.9. The van der Waals surface area contributed by atoms with Gasteiger partial charge in [-0.15, -0.1) is 11.3 Å². The largest absolute Gasteiger partial charge is 0.477 e. The molecule has 0 aliphatic carbocycles. The second-order valence-electron chi connectivity index (χ2n) is 3.72. The van der Waals surface area contributed by atoms with Gasteiger partial charge in [-0.3, -0.25) is 0 Å². The molecular formula is C10H11N3O4S2. The van der Waals surface area contributed by atoms with Crippen LogP contribution in [0.1, 0.15) is 20.4 Å². The Bertz CT molecular complexity index is 702. The lowest BCUT2D eigenvalue weighted by molar-refractivity contribution is 0.0691. The van der Waals surface area contributed by atoms with Crippen molar-refractivity contribution in [1.82, 2.24) is 14.7 Å².